The molecule has 0 heterocycles. The molecule has 2 saturated carbocycles. The normalized spacial score (nSPS) is 35.8. The van der Waals surface area contributed by atoms with Gasteiger partial charge in [-0.1, -0.05) is 13.0 Å². The van der Waals surface area contributed by atoms with Gasteiger partial charge in [-0.3, -0.25) is 4.21 Å². The lowest BCUT2D eigenvalue weighted by Crippen LogP contribution is -2.47. The number of halogens is 3. The van der Waals surface area contributed by atoms with Crippen molar-refractivity contribution in [1.29, 1.82) is 0 Å². The van der Waals surface area contributed by atoms with E-state index in [1.54, 1.807) is 6.07 Å². The molecule has 0 aromatic heterocycles. The minimum Gasteiger partial charge on any atom is -0.508 e. The standard InChI is InChI=1S/C24H33F3O3S/c1-23-9-8-19-18-5-4-17(28)14-16(18)13-15(22(19)20(23)6-7-21(23)29)3-2-11-31(30)12-10-24(25,26)27/h4-5,14-15,19-22,28-29H,2-3,6-13H2,1H3/t15?,19?,20?,21-,22?,23-,31?/m0/s1. The quantitative estimate of drug-likeness (QED) is 0.607. The van der Waals surface area contributed by atoms with Gasteiger partial charge in [-0.25, -0.2) is 0 Å². The van der Waals surface area contributed by atoms with E-state index in [2.05, 4.69) is 13.0 Å². The Morgan fingerprint density at radius 1 is 1.19 bits per heavy atom. The van der Waals surface area contributed by atoms with Crippen LogP contribution in [-0.2, 0) is 17.2 Å². The first-order valence-corrected chi connectivity index (χ1v) is 13.0. The number of phenolic OH excluding ortho intramolecular Hbond substituents is 1. The molecule has 2 fully saturated rings. The van der Waals surface area contributed by atoms with Crippen molar-refractivity contribution in [2.45, 2.75) is 76.5 Å². The van der Waals surface area contributed by atoms with Crippen LogP contribution in [0, 0.1) is 23.2 Å². The Bertz CT molecular complexity index is 827. The second-order valence-electron chi connectivity index (χ2n) is 10.1. The molecular formula is C24H33F3O3S. The van der Waals surface area contributed by atoms with E-state index in [0.29, 0.717) is 35.8 Å². The molecule has 2 N–H and O–H groups in total. The molecule has 0 bridgehead atoms. The maximum absolute atomic E-state index is 12.4. The zero-order valence-electron chi connectivity index (χ0n) is 18.0. The summed E-state index contributed by atoms with van der Waals surface area (Å²) in [6, 6.07) is 5.67. The Morgan fingerprint density at radius 3 is 2.71 bits per heavy atom. The molecule has 1 aromatic carbocycles. The van der Waals surface area contributed by atoms with Crippen molar-refractivity contribution >= 4 is 10.8 Å². The number of rotatable bonds is 6. The van der Waals surface area contributed by atoms with Crippen LogP contribution in [0.1, 0.15) is 68.9 Å². The van der Waals surface area contributed by atoms with E-state index in [9.17, 15) is 27.6 Å². The van der Waals surface area contributed by atoms with Gasteiger partial charge in [-0.2, -0.15) is 13.2 Å². The number of aliphatic hydroxyl groups excluding tert-OH is 1. The predicted molar refractivity (Wildman–Crippen MR) is 115 cm³/mol. The van der Waals surface area contributed by atoms with E-state index in [1.165, 1.54) is 11.1 Å². The van der Waals surface area contributed by atoms with Gasteiger partial charge in [0.1, 0.15) is 5.75 Å². The number of hydrogen-bond acceptors (Lipinski definition) is 3. The molecule has 3 nitrogen and oxygen atoms in total. The second kappa shape index (κ2) is 8.69. The lowest BCUT2D eigenvalue weighted by atomic mass is 9.52. The minimum absolute atomic E-state index is 0.0661. The average Bonchev–Trinajstić information content (AvgIpc) is 3.00. The molecule has 0 aliphatic heterocycles. The van der Waals surface area contributed by atoms with Gasteiger partial charge in [-0.05, 0) is 97.3 Å². The monoisotopic (exact) mass is 458 g/mol. The van der Waals surface area contributed by atoms with E-state index in [0.717, 1.165) is 38.5 Å². The van der Waals surface area contributed by atoms with E-state index in [4.69, 9.17) is 0 Å². The molecule has 5 unspecified atom stereocenters. The van der Waals surface area contributed by atoms with Gasteiger partial charge in [0.05, 0.1) is 12.5 Å². The van der Waals surface area contributed by atoms with Crippen LogP contribution < -0.4 is 0 Å². The highest BCUT2D eigenvalue weighted by Crippen LogP contribution is 2.62. The van der Waals surface area contributed by atoms with Gasteiger partial charge >= 0.3 is 6.18 Å². The van der Waals surface area contributed by atoms with Gasteiger partial charge in [0.2, 0.25) is 0 Å². The number of fused-ring (bicyclic) bond motifs is 5. The summed E-state index contributed by atoms with van der Waals surface area (Å²) >= 11 is 0. The van der Waals surface area contributed by atoms with Gasteiger partial charge < -0.3 is 10.2 Å². The van der Waals surface area contributed by atoms with Crippen molar-refractivity contribution in [2.75, 3.05) is 11.5 Å². The molecule has 0 radical (unpaired) electrons. The van der Waals surface area contributed by atoms with Gasteiger partial charge in [0.25, 0.3) is 0 Å². The van der Waals surface area contributed by atoms with Gasteiger partial charge in [-0.15, -0.1) is 0 Å². The Labute approximate surface area is 184 Å². The lowest BCUT2D eigenvalue weighted by molar-refractivity contribution is -0.129. The van der Waals surface area contributed by atoms with Gasteiger partial charge in [0, 0.05) is 22.3 Å². The predicted octanol–water partition coefficient (Wildman–Crippen LogP) is 5.32. The third kappa shape index (κ3) is 4.68. The van der Waals surface area contributed by atoms with Crippen LogP contribution in [0.15, 0.2) is 18.2 Å². The van der Waals surface area contributed by atoms with E-state index >= 15 is 0 Å². The number of aromatic hydroxyl groups is 1. The third-order valence-electron chi connectivity index (χ3n) is 8.40. The van der Waals surface area contributed by atoms with Crippen LogP contribution >= 0.6 is 0 Å². The summed E-state index contributed by atoms with van der Waals surface area (Å²) < 4.78 is 49.3. The molecule has 4 rings (SSSR count). The number of benzene rings is 1. The molecule has 174 valence electrons. The fraction of sp³-hybridized carbons (Fsp3) is 0.750. The Kier molecular flexibility index (Phi) is 6.48. The Hall–Kier alpha value is -1.08. The summed E-state index contributed by atoms with van der Waals surface area (Å²) in [7, 11) is -1.45. The first-order chi connectivity index (χ1) is 14.6. The highest BCUT2D eigenvalue weighted by atomic mass is 32.2. The fourth-order valence-corrected chi connectivity index (χ4v) is 8.02. The molecule has 7 heteroatoms. The molecule has 3 aliphatic rings. The first kappa shape index (κ1) is 23.1. The minimum atomic E-state index is -4.26. The molecule has 0 saturated heterocycles. The highest BCUT2D eigenvalue weighted by molar-refractivity contribution is 7.84. The zero-order chi connectivity index (χ0) is 22.4. The van der Waals surface area contributed by atoms with Crippen molar-refractivity contribution in [3.8, 4) is 5.75 Å². The van der Waals surface area contributed by atoms with Crippen molar-refractivity contribution in [3.63, 3.8) is 0 Å². The second-order valence-corrected chi connectivity index (χ2v) is 11.8. The molecule has 0 amide bonds. The van der Waals surface area contributed by atoms with E-state index < -0.39 is 23.4 Å². The molecule has 1 aromatic rings. The summed E-state index contributed by atoms with van der Waals surface area (Å²) in [6.07, 6.45) is 0.663. The van der Waals surface area contributed by atoms with Crippen molar-refractivity contribution in [1.82, 2.24) is 0 Å². The molecular weight excluding hydrogens is 425 g/mol. The van der Waals surface area contributed by atoms with E-state index in [-0.39, 0.29) is 23.0 Å². The van der Waals surface area contributed by atoms with Crippen LogP contribution in [0.5, 0.6) is 5.75 Å². The van der Waals surface area contributed by atoms with Gasteiger partial charge in [0.15, 0.2) is 0 Å². The van der Waals surface area contributed by atoms with Crippen LogP contribution in [0.2, 0.25) is 0 Å². The maximum Gasteiger partial charge on any atom is 0.390 e. The summed E-state index contributed by atoms with van der Waals surface area (Å²) in [6.45, 7) is 2.22. The van der Waals surface area contributed by atoms with Crippen LogP contribution in [-0.4, -0.2) is 38.2 Å². The average molecular weight is 459 g/mol. The first-order valence-electron chi connectivity index (χ1n) is 11.5. The number of aliphatic hydroxyl groups is 1. The third-order valence-corrected chi connectivity index (χ3v) is 9.80. The number of phenols is 1. The molecule has 7 atom stereocenters. The summed E-state index contributed by atoms with van der Waals surface area (Å²) in [5.74, 6) is 1.86. The van der Waals surface area contributed by atoms with E-state index in [1.807, 2.05) is 6.07 Å². The highest BCUT2D eigenvalue weighted by Gasteiger charge is 2.56. The largest absolute Gasteiger partial charge is 0.508 e. The maximum atomic E-state index is 12.4. The molecule has 0 spiro atoms. The van der Waals surface area contributed by atoms with Crippen molar-refractivity contribution < 1.29 is 27.6 Å². The smallest absolute Gasteiger partial charge is 0.390 e. The molecule has 3 aliphatic carbocycles. The Morgan fingerprint density at radius 2 is 1.97 bits per heavy atom. The number of hydrogen-bond donors (Lipinski definition) is 2. The van der Waals surface area contributed by atoms with Crippen molar-refractivity contribution in [2.24, 2.45) is 23.2 Å². The van der Waals surface area contributed by atoms with Crippen LogP contribution in [0.4, 0.5) is 13.2 Å². The summed E-state index contributed by atoms with van der Waals surface area (Å²) in [5.41, 5.74) is 2.42. The molecule has 31 heavy (non-hydrogen) atoms. The Balaban J connectivity index is 1.50. The summed E-state index contributed by atoms with van der Waals surface area (Å²) in [4.78, 5) is 0. The zero-order valence-corrected chi connectivity index (χ0v) is 18.9. The SMILES string of the molecule is C[C@]12CCC3c4ccc(O)cc4CC(CCCS(=O)CCC(F)(F)F)C3C1CC[C@@H]2O. The summed E-state index contributed by atoms with van der Waals surface area (Å²) in [5, 5.41) is 20.7. The number of alkyl halides is 3. The lowest BCUT2D eigenvalue weighted by Gasteiger charge is -2.53. The van der Waals surface area contributed by atoms with Crippen molar-refractivity contribution in [3.05, 3.63) is 29.3 Å². The van der Waals surface area contributed by atoms with Crippen LogP contribution in [0.25, 0.3) is 0 Å². The fourth-order valence-electron chi connectivity index (χ4n) is 6.87. The van der Waals surface area contributed by atoms with Crippen LogP contribution in [0.3, 0.4) is 0 Å². The topological polar surface area (TPSA) is 57.5 Å².